The summed E-state index contributed by atoms with van der Waals surface area (Å²) >= 11 is 0. The third-order valence-electron chi connectivity index (χ3n) is 7.14. The van der Waals surface area contributed by atoms with Crippen LogP contribution in [0.2, 0.25) is 0 Å². The van der Waals surface area contributed by atoms with Gasteiger partial charge in [-0.25, -0.2) is 9.59 Å². The Labute approximate surface area is 256 Å². The number of ether oxygens (including phenoxy) is 4. The molecule has 1 amide bonds. The molecule has 234 valence electrons. The molecule has 11 nitrogen and oxygen atoms in total. The quantitative estimate of drug-likeness (QED) is 0.171. The molecule has 1 aliphatic carbocycles. The van der Waals surface area contributed by atoms with E-state index in [2.05, 4.69) is 5.32 Å². The number of carbonyl (C=O) groups is 2. The van der Waals surface area contributed by atoms with Crippen LogP contribution in [0.15, 0.2) is 84.9 Å². The number of hydrogen-bond donors (Lipinski definition) is 2. The first-order valence-corrected chi connectivity index (χ1v) is 14.4. The lowest BCUT2D eigenvalue weighted by Crippen LogP contribution is -2.63. The summed E-state index contributed by atoms with van der Waals surface area (Å²) < 4.78 is 24.3. The molecule has 0 aromatic heterocycles. The third-order valence-corrected chi connectivity index (χ3v) is 7.14. The predicted molar refractivity (Wildman–Crippen MR) is 161 cm³/mol. The molecule has 1 fully saturated rings. The lowest BCUT2D eigenvalue weighted by Gasteiger charge is -2.45. The normalized spacial score (nSPS) is 21.7. The molecule has 44 heavy (non-hydrogen) atoms. The number of aliphatic hydroxyl groups is 1. The molecule has 0 bridgehead atoms. The Balaban J connectivity index is 1.66. The molecule has 0 aliphatic heterocycles. The summed E-state index contributed by atoms with van der Waals surface area (Å²) in [6.45, 7) is 5.28. The van der Waals surface area contributed by atoms with Crippen LogP contribution >= 0.6 is 0 Å². The zero-order valence-electron chi connectivity index (χ0n) is 25.0. The van der Waals surface area contributed by atoms with Gasteiger partial charge in [-0.3, -0.25) is 10.1 Å². The van der Waals surface area contributed by atoms with Gasteiger partial charge in [0.25, 0.3) is 5.69 Å². The number of nitro groups is 1. The molecule has 5 atom stereocenters. The zero-order chi connectivity index (χ0) is 31.7. The fraction of sp³-hybridized carbons (Fsp3) is 0.394. The van der Waals surface area contributed by atoms with Crippen LogP contribution in [0.3, 0.4) is 0 Å². The lowest BCUT2D eigenvalue weighted by molar-refractivity contribution is -0.384. The molecular weight excluding hydrogens is 568 g/mol. The van der Waals surface area contributed by atoms with Crippen LogP contribution in [0.25, 0.3) is 0 Å². The van der Waals surface area contributed by atoms with Crippen molar-refractivity contribution in [3.8, 4) is 0 Å². The number of hydrogen-bond acceptors (Lipinski definition) is 9. The Morgan fingerprint density at radius 2 is 1.43 bits per heavy atom. The highest BCUT2D eigenvalue weighted by Gasteiger charge is 2.49. The van der Waals surface area contributed by atoms with Crippen molar-refractivity contribution in [2.24, 2.45) is 5.92 Å². The largest absolute Gasteiger partial charge is 0.456 e. The fourth-order valence-electron chi connectivity index (χ4n) is 5.07. The van der Waals surface area contributed by atoms with E-state index in [0.717, 1.165) is 11.1 Å². The van der Waals surface area contributed by atoms with Crippen molar-refractivity contribution in [1.82, 2.24) is 5.32 Å². The Hall–Kier alpha value is -4.32. The lowest BCUT2D eigenvalue weighted by atomic mass is 9.79. The summed E-state index contributed by atoms with van der Waals surface area (Å²) in [5.41, 5.74) is 0.902. The SMILES string of the molecule is CC(C)(C)OC(=O)N[C@@H]1[C@@H](OCc2ccccc2)[C@H](OCc2ccccc2)[C@@H](CO)C[C@H]1OC(=O)c1ccc([N+](=O)[O-])cc1. The molecule has 1 saturated carbocycles. The third kappa shape index (κ3) is 9.09. The maximum Gasteiger partial charge on any atom is 0.408 e. The average molecular weight is 607 g/mol. The molecule has 0 heterocycles. The second-order valence-electron chi connectivity index (χ2n) is 11.6. The van der Waals surface area contributed by atoms with Crippen molar-refractivity contribution in [3.63, 3.8) is 0 Å². The van der Waals surface area contributed by atoms with Gasteiger partial charge in [-0.15, -0.1) is 0 Å². The summed E-state index contributed by atoms with van der Waals surface area (Å²) in [7, 11) is 0. The van der Waals surface area contributed by atoms with Crippen molar-refractivity contribution in [1.29, 1.82) is 0 Å². The first-order valence-electron chi connectivity index (χ1n) is 14.4. The van der Waals surface area contributed by atoms with Crippen LogP contribution in [-0.2, 0) is 32.2 Å². The average Bonchev–Trinajstić information content (AvgIpc) is 3.00. The zero-order valence-corrected chi connectivity index (χ0v) is 25.0. The Morgan fingerprint density at radius 3 is 1.93 bits per heavy atom. The summed E-state index contributed by atoms with van der Waals surface area (Å²) in [6.07, 6.45) is -3.12. The van der Waals surface area contributed by atoms with Crippen LogP contribution in [0, 0.1) is 16.0 Å². The molecule has 4 rings (SSSR count). The maximum atomic E-state index is 13.3. The van der Waals surface area contributed by atoms with Crippen molar-refractivity contribution in [2.45, 2.75) is 70.4 Å². The van der Waals surface area contributed by atoms with Gasteiger partial charge in [0, 0.05) is 24.7 Å². The van der Waals surface area contributed by atoms with E-state index in [1.165, 1.54) is 24.3 Å². The van der Waals surface area contributed by atoms with E-state index in [4.69, 9.17) is 18.9 Å². The van der Waals surface area contributed by atoms with Gasteiger partial charge in [0.05, 0.1) is 35.8 Å². The highest BCUT2D eigenvalue weighted by atomic mass is 16.6. The van der Waals surface area contributed by atoms with Gasteiger partial charge in [-0.1, -0.05) is 60.7 Å². The fourth-order valence-corrected chi connectivity index (χ4v) is 5.07. The van der Waals surface area contributed by atoms with E-state index in [1.807, 2.05) is 60.7 Å². The number of carbonyl (C=O) groups excluding carboxylic acids is 2. The van der Waals surface area contributed by atoms with E-state index >= 15 is 0 Å². The molecular formula is C33H38N2O9. The summed E-state index contributed by atoms with van der Waals surface area (Å²) in [6, 6.07) is 23.1. The number of nitro benzene ring substituents is 1. The minimum atomic E-state index is -0.959. The molecule has 11 heteroatoms. The van der Waals surface area contributed by atoms with Gasteiger partial charge in [-0.05, 0) is 50.5 Å². The van der Waals surface area contributed by atoms with Crippen molar-refractivity contribution < 1.29 is 38.6 Å². The molecule has 3 aromatic rings. The monoisotopic (exact) mass is 606 g/mol. The number of esters is 1. The number of alkyl carbamates (subject to hydrolysis) is 1. The summed E-state index contributed by atoms with van der Waals surface area (Å²) in [4.78, 5) is 36.9. The Bertz CT molecular complexity index is 1380. The van der Waals surface area contributed by atoms with Crippen LogP contribution in [0.4, 0.5) is 10.5 Å². The van der Waals surface area contributed by atoms with Crippen LogP contribution in [0.1, 0.15) is 48.7 Å². The van der Waals surface area contributed by atoms with Crippen molar-refractivity contribution in [2.75, 3.05) is 6.61 Å². The van der Waals surface area contributed by atoms with Crippen molar-refractivity contribution in [3.05, 3.63) is 112 Å². The number of nitrogens with one attached hydrogen (secondary N) is 1. The van der Waals surface area contributed by atoms with Crippen molar-refractivity contribution >= 4 is 17.7 Å². The highest BCUT2D eigenvalue weighted by Crippen LogP contribution is 2.34. The van der Waals surface area contributed by atoms with Crippen LogP contribution in [-0.4, -0.2) is 58.7 Å². The van der Waals surface area contributed by atoms with Crippen LogP contribution in [0.5, 0.6) is 0 Å². The maximum absolute atomic E-state index is 13.3. The number of nitrogens with zero attached hydrogens (tertiary/aromatic N) is 1. The Morgan fingerprint density at radius 1 is 0.886 bits per heavy atom. The molecule has 0 unspecified atom stereocenters. The number of non-ortho nitro benzene ring substituents is 1. The van der Waals surface area contributed by atoms with Gasteiger partial charge in [0.1, 0.15) is 17.8 Å². The highest BCUT2D eigenvalue weighted by molar-refractivity contribution is 5.89. The summed E-state index contributed by atoms with van der Waals surface area (Å²) in [5, 5.41) is 24.4. The molecule has 3 aromatic carbocycles. The number of benzene rings is 3. The first kappa shape index (κ1) is 32.6. The Kier molecular flexibility index (Phi) is 11.0. The van der Waals surface area contributed by atoms with E-state index in [0.29, 0.717) is 0 Å². The second-order valence-corrected chi connectivity index (χ2v) is 11.6. The number of aliphatic hydroxyl groups excluding tert-OH is 1. The minimum Gasteiger partial charge on any atom is -0.456 e. The molecule has 1 aliphatic rings. The topological polar surface area (TPSA) is 146 Å². The molecule has 0 spiro atoms. The predicted octanol–water partition coefficient (Wildman–Crippen LogP) is 5.20. The van der Waals surface area contributed by atoms with E-state index in [-0.39, 0.29) is 37.5 Å². The standard InChI is InChI=1S/C33H38N2O9/c1-33(2,3)44-32(38)34-28-27(43-31(37)24-14-16-26(17-15-24)35(39)40)18-25(19-36)29(41-20-22-10-6-4-7-11-22)30(28)42-21-23-12-8-5-9-13-23/h4-17,25,27-30,36H,18-21H2,1-3H3,(H,34,38)/t25-,27-,28+,29-,30-/m1/s1. The number of amides is 1. The minimum absolute atomic E-state index is 0.0939. The smallest absolute Gasteiger partial charge is 0.408 e. The van der Waals surface area contributed by atoms with Gasteiger partial charge < -0.3 is 29.4 Å². The van der Waals surface area contributed by atoms with Gasteiger partial charge in [0.15, 0.2) is 0 Å². The molecule has 2 N–H and O–H groups in total. The van der Waals surface area contributed by atoms with E-state index < -0.39 is 52.9 Å². The second kappa shape index (κ2) is 14.9. The van der Waals surface area contributed by atoms with Gasteiger partial charge in [0.2, 0.25) is 0 Å². The van der Waals surface area contributed by atoms with Crippen LogP contribution < -0.4 is 5.32 Å². The molecule has 0 saturated heterocycles. The molecule has 0 radical (unpaired) electrons. The van der Waals surface area contributed by atoms with Gasteiger partial charge >= 0.3 is 12.1 Å². The number of rotatable bonds is 11. The summed E-state index contributed by atoms with van der Waals surface area (Å²) in [5.74, 6) is -1.27. The van der Waals surface area contributed by atoms with Gasteiger partial charge in [-0.2, -0.15) is 0 Å². The first-order chi connectivity index (χ1) is 21.0. The van der Waals surface area contributed by atoms with E-state index in [9.17, 15) is 24.8 Å². The van der Waals surface area contributed by atoms with E-state index in [1.54, 1.807) is 20.8 Å².